The molecular formula is C35H44N2O11. The zero-order chi connectivity index (χ0) is 35.0. The van der Waals surface area contributed by atoms with Crippen molar-refractivity contribution in [1.29, 1.82) is 0 Å². The van der Waals surface area contributed by atoms with Crippen molar-refractivity contribution in [3.8, 4) is 11.5 Å². The van der Waals surface area contributed by atoms with Crippen LogP contribution in [0.4, 0.5) is 11.4 Å². The van der Waals surface area contributed by atoms with E-state index in [4.69, 9.17) is 18.3 Å². The monoisotopic (exact) mass is 668 g/mol. The van der Waals surface area contributed by atoms with Gasteiger partial charge in [0.05, 0.1) is 24.6 Å². The number of aryl methyl sites for hydroxylation is 2. The third kappa shape index (κ3) is 8.93. The molecule has 3 N–H and O–H groups in total. The van der Waals surface area contributed by atoms with Crippen LogP contribution in [0.25, 0.3) is 21.9 Å². The number of aromatic hydroxyl groups is 2. The molecule has 4 rings (SSSR count). The number of hydrogen-bond acceptors (Lipinski definition) is 12. The van der Waals surface area contributed by atoms with E-state index >= 15 is 0 Å². The smallest absolute Gasteiger partial charge is 0.339 e. The first-order chi connectivity index (χ1) is 22.2. The van der Waals surface area contributed by atoms with E-state index in [1.54, 1.807) is 53.9 Å². The minimum atomic E-state index is -0.554. The minimum absolute atomic E-state index is 0. The highest BCUT2D eigenvalue weighted by Crippen LogP contribution is 2.34. The van der Waals surface area contributed by atoms with Crippen LogP contribution < -0.4 is 21.5 Å². The van der Waals surface area contributed by atoms with Crippen molar-refractivity contribution in [3.05, 3.63) is 67.4 Å². The van der Waals surface area contributed by atoms with Gasteiger partial charge >= 0.3 is 23.2 Å². The van der Waals surface area contributed by atoms with E-state index in [9.17, 15) is 34.2 Å². The van der Waals surface area contributed by atoms with E-state index in [1.165, 1.54) is 24.0 Å². The molecule has 0 atom stereocenters. The van der Waals surface area contributed by atoms with Crippen LogP contribution in [0.15, 0.2) is 42.7 Å². The summed E-state index contributed by atoms with van der Waals surface area (Å²) in [6.07, 6.45) is 0.658. The number of rotatable bonds is 10. The van der Waals surface area contributed by atoms with Gasteiger partial charge in [-0.2, -0.15) is 0 Å². The third-order valence-corrected chi connectivity index (χ3v) is 7.66. The Labute approximate surface area is 278 Å². The lowest BCUT2D eigenvalue weighted by atomic mass is 10.0. The Bertz CT molecular complexity index is 1920. The molecule has 4 aromatic rings. The highest BCUT2D eigenvalue weighted by Gasteiger charge is 2.19. The number of amides is 1. The second kappa shape index (κ2) is 17.0. The van der Waals surface area contributed by atoms with Crippen molar-refractivity contribution >= 4 is 51.2 Å². The van der Waals surface area contributed by atoms with Crippen molar-refractivity contribution in [3.63, 3.8) is 0 Å². The molecule has 1 amide bonds. The summed E-state index contributed by atoms with van der Waals surface area (Å²) in [6.45, 7) is 8.97. The molecule has 0 unspecified atom stereocenters. The second-order valence-corrected chi connectivity index (χ2v) is 10.6. The number of esters is 2. The molecule has 0 aliphatic heterocycles. The van der Waals surface area contributed by atoms with E-state index in [0.29, 0.717) is 45.6 Å². The molecule has 2 heterocycles. The van der Waals surface area contributed by atoms with Gasteiger partial charge in [-0.15, -0.1) is 0 Å². The Morgan fingerprint density at radius 3 is 1.65 bits per heavy atom. The number of phenols is 2. The van der Waals surface area contributed by atoms with Gasteiger partial charge in [-0.3, -0.25) is 14.4 Å². The van der Waals surface area contributed by atoms with Gasteiger partial charge in [0, 0.05) is 67.9 Å². The largest absolute Gasteiger partial charge is 0.506 e. The maximum atomic E-state index is 12.2. The Balaban J connectivity index is 0.000000329. The van der Waals surface area contributed by atoms with Crippen LogP contribution in [-0.4, -0.2) is 55.4 Å². The summed E-state index contributed by atoms with van der Waals surface area (Å²) in [4.78, 5) is 60.1. The number of carbonyl (C=O) groups is 3. The van der Waals surface area contributed by atoms with Crippen molar-refractivity contribution in [1.82, 2.24) is 0 Å². The molecule has 0 saturated heterocycles. The Morgan fingerprint density at radius 2 is 1.23 bits per heavy atom. The van der Waals surface area contributed by atoms with Crippen molar-refractivity contribution in [2.45, 2.75) is 67.7 Å². The highest BCUT2D eigenvalue weighted by molar-refractivity contribution is 5.97. The predicted octanol–water partition coefficient (Wildman–Crippen LogP) is 5.27. The standard InChI is InChI=1S/C18H21NO6.C16H19NO5.CH4/c1-5-24-17(22)7-6-12-10(2)13-8-14(19(4)11(3)20)15(21)9-16(13)25-18(12)23;1-4-21-15(19)6-5-10-9(2)11-7-12(17-3)13(18)8-14(11)22-16(10)20;/h8-9,21H,5-7H2,1-4H3;7-8,17-18H,4-6H2,1-3H3;1H4. The van der Waals surface area contributed by atoms with E-state index < -0.39 is 11.3 Å². The Kier molecular flexibility index (Phi) is 13.8. The number of nitrogens with one attached hydrogen (secondary N) is 1. The molecule has 13 nitrogen and oxygen atoms in total. The number of anilines is 2. The molecule has 0 radical (unpaired) electrons. The fourth-order valence-corrected chi connectivity index (χ4v) is 4.97. The molecule has 0 aliphatic rings. The normalized spacial score (nSPS) is 10.5. The van der Waals surface area contributed by atoms with Gasteiger partial charge in [0.2, 0.25) is 5.91 Å². The van der Waals surface area contributed by atoms with Gasteiger partial charge in [0.15, 0.2) is 0 Å². The second-order valence-electron chi connectivity index (χ2n) is 10.6. The number of benzene rings is 2. The summed E-state index contributed by atoms with van der Waals surface area (Å²) in [5, 5.41) is 24.1. The predicted molar refractivity (Wildman–Crippen MR) is 183 cm³/mol. The first-order valence-electron chi connectivity index (χ1n) is 15.1. The van der Waals surface area contributed by atoms with E-state index in [2.05, 4.69) is 5.32 Å². The third-order valence-electron chi connectivity index (χ3n) is 7.66. The van der Waals surface area contributed by atoms with Crippen LogP contribution in [-0.2, 0) is 36.7 Å². The molecule has 0 spiro atoms. The molecule has 2 aromatic heterocycles. The van der Waals surface area contributed by atoms with Crippen LogP contribution in [0.3, 0.4) is 0 Å². The number of hydrogen-bond donors (Lipinski definition) is 3. The topological polar surface area (TPSA) is 186 Å². The lowest BCUT2D eigenvalue weighted by molar-refractivity contribution is -0.144. The molecule has 2 aromatic carbocycles. The number of phenolic OH excluding ortho intramolecular Hbond substituents is 2. The van der Waals surface area contributed by atoms with Crippen molar-refractivity contribution < 1.29 is 42.9 Å². The average Bonchev–Trinajstić information content (AvgIpc) is 3.00. The molecule has 48 heavy (non-hydrogen) atoms. The summed E-state index contributed by atoms with van der Waals surface area (Å²) in [7, 11) is 3.23. The first kappa shape index (κ1) is 38.9. The quantitative estimate of drug-likeness (QED) is 0.113. The fourth-order valence-electron chi connectivity index (χ4n) is 4.97. The minimum Gasteiger partial charge on any atom is -0.506 e. The highest BCUT2D eigenvalue weighted by atomic mass is 16.5. The lowest BCUT2D eigenvalue weighted by Gasteiger charge is -2.18. The number of ether oxygens (including phenoxy) is 2. The van der Waals surface area contributed by atoms with E-state index in [-0.39, 0.29) is 74.6 Å². The van der Waals surface area contributed by atoms with Gasteiger partial charge in [-0.25, -0.2) is 9.59 Å². The van der Waals surface area contributed by atoms with Crippen LogP contribution >= 0.6 is 0 Å². The molecule has 0 bridgehead atoms. The van der Waals surface area contributed by atoms with E-state index in [0.717, 1.165) is 10.9 Å². The summed E-state index contributed by atoms with van der Waals surface area (Å²) < 4.78 is 20.3. The maximum absolute atomic E-state index is 12.2. The van der Waals surface area contributed by atoms with Gasteiger partial charge in [0.25, 0.3) is 0 Å². The zero-order valence-electron chi connectivity index (χ0n) is 27.6. The maximum Gasteiger partial charge on any atom is 0.339 e. The molecule has 13 heteroatoms. The number of carbonyl (C=O) groups excluding carboxylic acids is 3. The molecule has 0 aliphatic carbocycles. The van der Waals surface area contributed by atoms with Crippen LogP contribution in [0, 0.1) is 13.8 Å². The zero-order valence-corrected chi connectivity index (χ0v) is 27.6. The number of nitrogens with zero attached hydrogens (tertiary/aromatic N) is 1. The average molecular weight is 669 g/mol. The summed E-state index contributed by atoms with van der Waals surface area (Å²) in [5.74, 6) is -1.12. The Hall–Kier alpha value is -5.33. The van der Waals surface area contributed by atoms with Gasteiger partial charge < -0.3 is 38.7 Å². The molecule has 0 saturated carbocycles. The lowest BCUT2D eigenvalue weighted by Crippen LogP contribution is -2.23. The molecular weight excluding hydrogens is 624 g/mol. The Morgan fingerprint density at radius 1 is 0.792 bits per heavy atom. The van der Waals surface area contributed by atoms with E-state index in [1.807, 2.05) is 0 Å². The van der Waals surface area contributed by atoms with Gasteiger partial charge in [0.1, 0.15) is 22.7 Å². The van der Waals surface area contributed by atoms with Crippen molar-refractivity contribution in [2.24, 2.45) is 0 Å². The van der Waals surface area contributed by atoms with Crippen LogP contribution in [0.1, 0.15) is 63.3 Å². The SMILES string of the molecule is C.CCOC(=O)CCc1c(C)c2cc(N(C)C(C)=O)c(O)cc2oc1=O.CCOC(=O)CCc1c(C)c2cc(NC)c(O)cc2oc1=O. The van der Waals surface area contributed by atoms with Gasteiger partial charge in [-0.1, -0.05) is 7.43 Å². The fraction of sp³-hybridized carbons (Fsp3) is 0.400. The summed E-state index contributed by atoms with van der Waals surface area (Å²) in [6, 6.07) is 6.04. The van der Waals surface area contributed by atoms with Gasteiger partial charge in [-0.05, 0) is 63.8 Å². The summed E-state index contributed by atoms with van der Waals surface area (Å²) in [5.41, 5.74) is 2.57. The molecule has 0 fully saturated rings. The number of fused-ring (bicyclic) bond motifs is 2. The van der Waals surface area contributed by atoms with Crippen molar-refractivity contribution in [2.75, 3.05) is 37.5 Å². The van der Waals surface area contributed by atoms with Crippen LogP contribution in [0.2, 0.25) is 0 Å². The summed E-state index contributed by atoms with van der Waals surface area (Å²) >= 11 is 0. The van der Waals surface area contributed by atoms with Crippen LogP contribution in [0.5, 0.6) is 11.5 Å². The first-order valence-corrected chi connectivity index (χ1v) is 15.1. The molecule has 260 valence electrons.